The van der Waals surface area contributed by atoms with Crippen molar-refractivity contribution < 1.29 is 24.4 Å². The summed E-state index contributed by atoms with van der Waals surface area (Å²) in [4.78, 5) is 15.1. The molecule has 4 atom stereocenters. The van der Waals surface area contributed by atoms with E-state index >= 15 is 0 Å². The van der Waals surface area contributed by atoms with Crippen LogP contribution in [0, 0.1) is 0 Å². The van der Waals surface area contributed by atoms with Gasteiger partial charge in [0.2, 0.25) is 0 Å². The molecule has 1 fully saturated rings. The van der Waals surface area contributed by atoms with Crippen molar-refractivity contribution in [2.45, 2.75) is 24.0 Å². The Balaban J connectivity index is 2.45. The molecule has 0 aliphatic carbocycles. The van der Waals surface area contributed by atoms with E-state index in [-0.39, 0.29) is 5.82 Å². The number of hydrogen-bond donors (Lipinski definition) is 4. The van der Waals surface area contributed by atoms with Crippen molar-refractivity contribution in [2.24, 2.45) is 0 Å². The van der Waals surface area contributed by atoms with Crippen molar-refractivity contribution >= 4 is 5.82 Å². The summed E-state index contributed by atoms with van der Waals surface area (Å²) >= 11 is 0. The van der Waals surface area contributed by atoms with Crippen LogP contribution in [-0.4, -0.2) is 56.0 Å². The molecule has 5 N–H and O–H groups in total. The molecule has 3 unspecified atom stereocenters. The van der Waals surface area contributed by atoms with Gasteiger partial charge in [0, 0.05) is 6.20 Å². The van der Waals surface area contributed by atoms with E-state index in [4.69, 9.17) is 15.6 Å². The number of alkyl halides is 1. The SMILES string of the molecule is Nc1ccn(C2OC(CO)[C@H](O)C2(O)CF)c(=O)n1. The van der Waals surface area contributed by atoms with E-state index in [1.807, 2.05) is 0 Å². The molecule has 1 aliphatic rings. The molecule has 1 saturated heterocycles. The fourth-order valence-electron chi connectivity index (χ4n) is 2.02. The molecular weight excluding hydrogens is 261 g/mol. The van der Waals surface area contributed by atoms with E-state index in [2.05, 4.69) is 4.98 Å². The Labute approximate surface area is 106 Å². The maximum atomic E-state index is 13.1. The van der Waals surface area contributed by atoms with Crippen molar-refractivity contribution in [2.75, 3.05) is 19.0 Å². The van der Waals surface area contributed by atoms with Gasteiger partial charge >= 0.3 is 5.69 Å². The summed E-state index contributed by atoms with van der Waals surface area (Å²) in [6.07, 6.45) is -3.19. The van der Waals surface area contributed by atoms with Crippen molar-refractivity contribution in [3.05, 3.63) is 22.7 Å². The minimum atomic E-state index is -2.34. The largest absolute Gasteiger partial charge is 0.394 e. The Morgan fingerprint density at radius 2 is 2.32 bits per heavy atom. The van der Waals surface area contributed by atoms with E-state index in [9.17, 15) is 19.4 Å². The first-order chi connectivity index (χ1) is 8.93. The van der Waals surface area contributed by atoms with E-state index in [1.165, 1.54) is 12.3 Å². The fraction of sp³-hybridized carbons (Fsp3) is 0.600. The van der Waals surface area contributed by atoms with Crippen LogP contribution in [0.5, 0.6) is 0 Å². The van der Waals surface area contributed by atoms with Crippen molar-refractivity contribution in [1.29, 1.82) is 0 Å². The highest BCUT2D eigenvalue weighted by Crippen LogP contribution is 2.37. The summed E-state index contributed by atoms with van der Waals surface area (Å²) in [7, 11) is 0. The molecule has 19 heavy (non-hydrogen) atoms. The lowest BCUT2D eigenvalue weighted by Gasteiger charge is -2.28. The molecule has 0 amide bonds. The molecular formula is C10H14FN3O5. The van der Waals surface area contributed by atoms with E-state index in [1.54, 1.807) is 0 Å². The van der Waals surface area contributed by atoms with Crippen molar-refractivity contribution in [3.8, 4) is 0 Å². The first kappa shape index (κ1) is 13.9. The monoisotopic (exact) mass is 275 g/mol. The summed E-state index contributed by atoms with van der Waals surface area (Å²) in [5, 5.41) is 28.8. The maximum absolute atomic E-state index is 13.1. The summed E-state index contributed by atoms with van der Waals surface area (Å²) < 4.78 is 19.0. The molecule has 1 aliphatic heterocycles. The van der Waals surface area contributed by atoms with Gasteiger partial charge in [-0.25, -0.2) is 9.18 Å². The third-order valence-corrected chi connectivity index (χ3v) is 3.09. The molecule has 1 aromatic rings. The Morgan fingerprint density at radius 3 is 2.84 bits per heavy atom. The van der Waals surface area contributed by atoms with Crippen LogP contribution in [0.25, 0.3) is 0 Å². The van der Waals surface area contributed by atoms with Gasteiger partial charge in [0.1, 0.15) is 24.7 Å². The van der Waals surface area contributed by atoms with Gasteiger partial charge in [0.25, 0.3) is 0 Å². The Bertz CT molecular complexity index is 524. The molecule has 0 aromatic carbocycles. The lowest BCUT2D eigenvalue weighted by Crippen LogP contribution is -2.50. The van der Waals surface area contributed by atoms with Crippen LogP contribution < -0.4 is 11.4 Å². The van der Waals surface area contributed by atoms with Gasteiger partial charge in [-0.3, -0.25) is 4.57 Å². The van der Waals surface area contributed by atoms with Gasteiger partial charge in [-0.15, -0.1) is 0 Å². The lowest BCUT2D eigenvalue weighted by atomic mass is 9.95. The standard InChI is InChI=1S/C10H14FN3O5/c11-4-10(18)7(16)5(3-15)19-8(10)14-2-1-6(12)13-9(14)17/h1-2,5,7-8,15-16,18H,3-4H2,(H2,12,13,17)/t5?,7-,8?,10?/m0/s1. The van der Waals surface area contributed by atoms with E-state index in [0.29, 0.717) is 0 Å². The Hall–Kier alpha value is -1.55. The van der Waals surface area contributed by atoms with Crippen LogP contribution in [0.2, 0.25) is 0 Å². The molecule has 8 nitrogen and oxygen atoms in total. The Morgan fingerprint density at radius 1 is 1.63 bits per heavy atom. The zero-order valence-corrected chi connectivity index (χ0v) is 9.81. The van der Waals surface area contributed by atoms with Crippen LogP contribution in [0.3, 0.4) is 0 Å². The number of nitrogen functional groups attached to an aromatic ring is 1. The number of anilines is 1. The molecule has 0 saturated carbocycles. The highest BCUT2D eigenvalue weighted by atomic mass is 19.1. The topological polar surface area (TPSA) is 131 Å². The highest BCUT2D eigenvalue weighted by molar-refractivity contribution is 5.24. The number of ether oxygens (including phenoxy) is 1. The minimum Gasteiger partial charge on any atom is -0.394 e. The number of aliphatic hydroxyl groups is 3. The zero-order valence-electron chi connectivity index (χ0n) is 9.81. The molecule has 0 spiro atoms. The van der Waals surface area contributed by atoms with Crippen LogP contribution in [0.15, 0.2) is 17.1 Å². The first-order valence-electron chi connectivity index (χ1n) is 5.51. The molecule has 0 bridgehead atoms. The average Bonchev–Trinajstić information content (AvgIpc) is 2.63. The number of halogens is 1. The summed E-state index contributed by atoms with van der Waals surface area (Å²) in [5.74, 6) is -0.0395. The zero-order chi connectivity index (χ0) is 14.2. The van der Waals surface area contributed by atoms with Gasteiger partial charge in [-0.1, -0.05) is 0 Å². The second kappa shape index (κ2) is 4.85. The average molecular weight is 275 g/mol. The summed E-state index contributed by atoms with van der Waals surface area (Å²) in [5.41, 5.74) is 2.12. The highest BCUT2D eigenvalue weighted by Gasteiger charge is 2.56. The predicted molar refractivity (Wildman–Crippen MR) is 60.8 cm³/mol. The van der Waals surface area contributed by atoms with Gasteiger partial charge in [0.15, 0.2) is 11.8 Å². The van der Waals surface area contributed by atoms with Crippen LogP contribution in [0.1, 0.15) is 6.23 Å². The molecule has 9 heteroatoms. The third-order valence-electron chi connectivity index (χ3n) is 3.09. The minimum absolute atomic E-state index is 0.0395. The van der Waals surface area contributed by atoms with Crippen molar-refractivity contribution in [3.63, 3.8) is 0 Å². The summed E-state index contributed by atoms with van der Waals surface area (Å²) in [6.45, 7) is -1.98. The van der Waals surface area contributed by atoms with Gasteiger partial charge in [-0.05, 0) is 6.07 Å². The smallest absolute Gasteiger partial charge is 0.351 e. The van der Waals surface area contributed by atoms with Crippen LogP contribution in [-0.2, 0) is 4.74 Å². The number of aliphatic hydroxyl groups excluding tert-OH is 2. The number of nitrogens with two attached hydrogens (primary N) is 1. The normalized spacial score (nSPS) is 34.6. The second-order valence-electron chi connectivity index (χ2n) is 4.32. The predicted octanol–water partition coefficient (Wildman–Crippen LogP) is -2.22. The first-order valence-corrected chi connectivity index (χ1v) is 5.51. The van der Waals surface area contributed by atoms with Gasteiger partial charge in [-0.2, -0.15) is 4.98 Å². The number of aromatic nitrogens is 2. The molecule has 1 aromatic heterocycles. The molecule has 106 valence electrons. The van der Waals surface area contributed by atoms with Crippen molar-refractivity contribution in [1.82, 2.24) is 9.55 Å². The lowest BCUT2D eigenvalue weighted by molar-refractivity contribution is -0.121. The van der Waals surface area contributed by atoms with E-state index in [0.717, 1.165) is 4.57 Å². The third kappa shape index (κ3) is 2.10. The van der Waals surface area contributed by atoms with E-state index < -0.39 is 43.0 Å². The summed E-state index contributed by atoms with van der Waals surface area (Å²) in [6, 6.07) is 1.27. The Kier molecular flexibility index (Phi) is 3.54. The number of hydrogen-bond acceptors (Lipinski definition) is 7. The van der Waals surface area contributed by atoms with Gasteiger partial charge in [0.05, 0.1) is 6.61 Å². The van der Waals surface area contributed by atoms with Gasteiger partial charge < -0.3 is 25.8 Å². The quantitative estimate of drug-likeness (QED) is 0.491. The number of nitrogens with zero attached hydrogens (tertiary/aromatic N) is 2. The molecule has 2 heterocycles. The number of rotatable bonds is 3. The van der Waals surface area contributed by atoms with Crippen LogP contribution >= 0.6 is 0 Å². The van der Waals surface area contributed by atoms with Crippen LogP contribution in [0.4, 0.5) is 10.2 Å². The molecule has 0 radical (unpaired) electrons. The fourth-order valence-corrected chi connectivity index (χ4v) is 2.02. The maximum Gasteiger partial charge on any atom is 0.351 e. The second-order valence-corrected chi connectivity index (χ2v) is 4.32. The molecule has 2 rings (SSSR count).